The fourth-order valence-corrected chi connectivity index (χ4v) is 2.77. The standard InChI is InChI=1S/C12H18N2OS/c1-2-14(9-10-5-4-8-16-10)12(15)11-6-3-7-13-11/h4-5,8,11,13H,2-3,6-7,9H2,1H3. The third-order valence-electron chi connectivity index (χ3n) is 2.98. The molecule has 1 aromatic rings. The van der Waals surface area contributed by atoms with Crippen molar-refractivity contribution in [2.24, 2.45) is 0 Å². The maximum atomic E-state index is 12.2. The number of nitrogens with zero attached hydrogens (tertiary/aromatic N) is 1. The highest BCUT2D eigenvalue weighted by atomic mass is 32.1. The van der Waals surface area contributed by atoms with E-state index in [0.717, 1.165) is 32.5 Å². The van der Waals surface area contributed by atoms with Crippen LogP contribution >= 0.6 is 11.3 Å². The lowest BCUT2D eigenvalue weighted by atomic mass is 10.2. The molecule has 0 aliphatic carbocycles. The van der Waals surface area contributed by atoms with Crippen molar-refractivity contribution in [1.29, 1.82) is 0 Å². The van der Waals surface area contributed by atoms with Gasteiger partial charge in [-0.2, -0.15) is 0 Å². The quantitative estimate of drug-likeness (QED) is 0.868. The molecule has 1 saturated heterocycles. The summed E-state index contributed by atoms with van der Waals surface area (Å²) in [5.74, 6) is 0.258. The zero-order valence-corrected chi connectivity index (χ0v) is 10.4. The topological polar surface area (TPSA) is 32.3 Å². The van der Waals surface area contributed by atoms with Crippen LogP contribution in [-0.2, 0) is 11.3 Å². The molecule has 1 N–H and O–H groups in total. The van der Waals surface area contributed by atoms with E-state index >= 15 is 0 Å². The maximum Gasteiger partial charge on any atom is 0.240 e. The third kappa shape index (κ3) is 2.62. The summed E-state index contributed by atoms with van der Waals surface area (Å²) in [6, 6.07) is 4.18. The lowest BCUT2D eigenvalue weighted by Gasteiger charge is -2.23. The minimum Gasteiger partial charge on any atom is -0.336 e. The lowest BCUT2D eigenvalue weighted by molar-refractivity contribution is -0.133. The van der Waals surface area contributed by atoms with E-state index in [9.17, 15) is 4.79 Å². The first-order valence-corrected chi connectivity index (χ1v) is 6.73. The Bertz CT molecular complexity index is 331. The largest absolute Gasteiger partial charge is 0.336 e. The van der Waals surface area contributed by atoms with Gasteiger partial charge in [0, 0.05) is 11.4 Å². The molecule has 3 nitrogen and oxygen atoms in total. The molecule has 2 heterocycles. The molecule has 16 heavy (non-hydrogen) atoms. The highest BCUT2D eigenvalue weighted by Gasteiger charge is 2.26. The molecule has 1 fully saturated rings. The number of thiophene rings is 1. The van der Waals surface area contributed by atoms with Crippen molar-refractivity contribution in [3.63, 3.8) is 0 Å². The highest BCUT2D eigenvalue weighted by Crippen LogP contribution is 2.14. The number of amides is 1. The number of hydrogen-bond acceptors (Lipinski definition) is 3. The molecule has 1 aliphatic rings. The van der Waals surface area contributed by atoms with Gasteiger partial charge < -0.3 is 10.2 Å². The van der Waals surface area contributed by atoms with Crippen LogP contribution in [0.1, 0.15) is 24.6 Å². The molecule has 1 amide bonds. The van der Waals surface area contributed by atoms with Crippen molar-refractivity contribution >= 4 is 17.2 Å². The van der Waals surface area contributed by atoms with E-state index in [0.29, 0.717) is 0 Å². The summed E-state index contributed by atoms with van der Waals surface area (Å²) in [5, 5.41) is 5.32. The molecule has 0 spiro atoms. The summed E-state index contributed by atoms with van der Waals surface area (Å²) < 4.78 is 0. The van der Waals surface area contributed by atoms with Crippen LogP contribution < -0.4 is 5.32 Å². The van der Waals surface area contributed by atoms with Crippen LogP contribution in [0.15, 0.2) is 17.5 Å². The van der Waals surface area contributed by atoms with Crippen molar-refractivity contribution in [2.45, 2.75) is 32.4 Å². The summed E-state index contributed by atoms with van der Waals surface area (Å²) in [6.07, 6.45) is 2.10. The third-order valence-corrected chi connectivity index (χ3v) is 3.84. The van der Waals surface area contributed by atoms with Crippen LogP contribution in [-0.4, -0.2) is 29.9 Å². The van der Waals surface area contributed by atoms with Gasteiger partial charge in [0.15, 0.2) is 0 Å². The summed E-state index contributed by atoms with van der Waals surface area (Å²) in [5.41, 5.74) is 0. The first-order valence-electron chi connectivity index (χ1n) is 5.86. The highest BCUT2D eigenvalue weighted by molar-refractivity contribution is 7.09. The van der Waals surface area contributed by atoms with Gasteiger partial charge >= 0.3 is 0 Å². The van der Waals surface area contributed by atoms with Gasteiger partial charge in [-0.3, -0.25) is 4.79 Å². The number of carbonyl (C=O) groups excluding carboxylic acids is 1. The van der Waals surface area contributed by atoms with E-state index in [4.69, 9.17) is 0 Å². The van der Waals surface area contributed by atoms with Crippen molar-refractivity contribution in [2.75, 3.05) is 13.1 Å². The molecule has 0 bridgehead atoms. The summed E-state index contributed by atoms with van der Waals surface area (Å²) in [4.78, 5) is 15.4. The van der Waals surface area contributed by atoms with Crippen LogP contribution in [0, 0.1) is 0 Å². The predicted molar refractivity (Wildman–Crippen MR) is 66.4 cm³/mol. The molecular formula is C12H18N2OS. The van der Waals surface area contributed by atoms with Gasteiger partial charge in [0.1, 0.15) is 0 Å². The molecule has 2 rings (SSSR count). The molecule has 88 valence electrons. The monoisotopic (exact) mass is 238 g/mol. The number of nitrogens with one attached hydrogen (secondary N) is 1. The Hall–Kier alpha value is -0.870. The Balaban J connectivity index is 1.96. The van der Waals surface area contributed by atoms with Gasteiger partial charge in [0.05, 0.1) is 12.6 Å². The van der Waals surface area contributed by atoms with Gasteiger partial charge in [-0.15, -0.1) is 11.3 Å². The second-order valence-corrected chi connectivity index (χ2v) is 5.11. The maximum absolute atomic E-state index is 12.2. The summed E-state index contributed by atoms with van der Waals surface area (Å²) in [6.45, 7) is 4.56. The summed E-state index contributed by atoms with van der Waals surface area (Å²) >= 11 is 1.71. The molecule has 0 radical (unpaired) electrons. The molecule has 0 saturated carbocycles. The number of likely N-dealkylation sites (N-methyl/N-ethyl adjacent to an activating group) is 1. The van der Waals surface area contributed by atoms with Crippen molar-refractivity contribution in [3.8, 4) is 0 Å². The molecule has 1 aliphatic heterocycles. The van der Waals surface area contributed by atoms with E-state index in [1.165, 1.54) is 4.88 Å². The Labute approximate surface area is 100 Å². The number of rotatable bonds is 4. The van der Waals surface area contributed by atoms with E-state index in [-0.39, 0.29) is 11.9 Å². The Morgan fingerprint density at radius 3 is 3.12 bits per heavy atom. The molecule has 1 aromatic heterocycles. The van der Waals surface area contributed by atoms with Crippen LogP contribution in [0.5, 0.6) is 0 Å². The molecule has 1 unspecified atom stereocenters. The van der Waals surface area contributed by atoms with Crippen LogP contribution in [0.25, 0.3) is 0 Å². The van der Waals surface area contributed by atoms with Gasteiger partial charge in [-0.25, -0.2) is 0 Å². The molecular weight excluding hydrogens is 220 g/mol. The smallest absolute Gasteiger partial charge is 0.240 e. The second-order valence-electron chi connectivity index (χ2n) is 4.08. The Kier molecular flexibility index (Phi) is 3.96. The van der Waals surface area contributed by atoms with Gasteiger partial charge in [-0.1, -0.05) is 6.07 Å². The van der Waals surface area contributed by atoms with Gasteiger partial charge in [-0.05, 0) is 37.8 Å². The van der Waals surface area contributed by atoms with Crippen molar-refractivity contribution in [1.82, 2.24) is 10.2 Å². The fraction of sp³-hybridized carbons (Fsp3) is 0.583. The van der Waals surface area contributed by atoms with E-state index in [1.807, 2.05) is 17.9 Å². The first kappa shape index (κ1) is 11.6. The minimum atomic E-state index is 0.0555. The van der Waals surface area contributed by atoms with Gasteiger partial charge in [0.25, 0.3) is 0 Å². The van der Waals surface area contributed by atoms with Crippen LogP contribution in [0.3, 0.4) is 0 Å². The average Bonchev–Trinajstić information content (AvgIpc) is 2.97. The molecule has 1 atom stereocenters. The lowest BCUT2D eigenvalue weighted by Crippen LogP contribution is -2.43. The van der Waals surface area contributed by atoms with E-state index in [2.05, 4.69) is 16.8 Å². The second kappa shape index (κ2) is 5.46. The zero-order chi connectivity index (χ0) is 11.4. The first-order chi connectivity index (χ1) is 7.81. The fourth-order valence-electron chi connectivity index (χ4n) is 2.05. The molecule has 4 heteroatoms. The SMILES string of the molecule is CCN(Cc1cccs1)C(=O)C1CCCN1. The summed E-state index contributed by atoms with van der Waals surface area (Å²) in [7, 11) is 0. The van der Waals surface area contributed by atoms with E-state index in [1.54, 1.807) is 11.3 Å². The predicted octanol–water partition coefficient (Wildman–Crippen LogP) is 1.85. The van der Waals surface area contributed by atoms with Crippen LogP contribution in [0.2, 0.25) is 0 Å². The Morgan fingerprint density at radius 1 is 1.69 bits per heavy atom. The van der Waals surface area contributed by atoms with Crippen molar-refractivity contribution in [3.05, 3.63) is 22.4 Å². The Morgan fingerprint density at radius 2 is 2.56 bits per heavy atom. The number of carbonyl (C=O) groups is 1. The zero-order valence-electron chi connectivity index (χ0n) is 9.61. The van der Waals surface area contributed by atoms with Crippen LogP contribution in [0.4, 0.5) is 0 Å². The van der Waals surface area contributed by atoms with Gasteiger partial charge in [0.2, 0.25) is 5.91 Å². The van der Waals surface area contributed by atoms with E-state index < -0.39 is 0 Å². The molecule has 0 aromatic carbocycles. The number of hydrogen-bond donors (Lipinski definition) is 1. The minimum absolute atomic E-state index is 0.0555. The van der Waals surface area contributed by atoms with Crippen molar-refractivity contribution < 1.29 is 4.79 Å². The average molecular weight is 238 g/mol. The normalized spacial score (nSPS) is 19.9.